The first-order valence-electron chi connectivity index (χ1n) is 11.2. The predicted octanol–water partition coefficient (Wildman–Crippen LogP) is 2.62. The first-order valence-corrected chi connectivity index (χ1v) is 11.2. The molecule has 0 bridgehead atoms. The van der Waals surface area contributed by atoms with Gasteiger partial charge in [-0.2, -0.15) is 0 Å². The summed E-state index contributed by atoms with van der Waals surface area (Å²) < 4.78 is 0. The van der Waals surface area contributed by atoms with E-state index in [0.29, 0.717) is 50.0 Å². The van der Waals surface area contributed by atoms with Gasteiger partial charge < -0.3 is 15.2 Å². The molecule has 0 radical (unpaired) electrons. The molecule has 2 amide bonds. The number of nitrogens with one attached hydrogen (secondary N) is 2. The summed E-state index contributed by atoms with van der Waals surface area (Å²) in [6.07, 6.45) is 2.65. The molecule has 0 fully saturated rings. The normalized spacial score (nSPS) is 16.8. The predicted molar refractivity (Wildman–Crippen MR) is 121 cm³/mol. The average Bonchev–Trinajstić information content (AvgIpc) is 2.74. The lowest BCUT2D eigenvalue weighted by atomic mass is 9.75. The molecular formula is C25H29N3O4. The van der Waals surface area contributed by atoms with Gasteiger partial charge in [0.15, 0.2) is 5.78 Å². The second-order valence-electron chi connectivity index (χ2n) is 9.54. The fourth-order valence-electron chi connectivity index (χ4n) is 4.60. The van der Waals surface area contributed by atoms with Gasteiger partial charge in [-0.3, -0.25) is 19.2 Å². The Kier molecular flexibility index (Phi) is 6.00. The quantitative estimate of drug-likeness (QED) is 0.705. The van der Waals surface area contributed by atoms with Crippen molar-refractivity contribution < 1.29 is 14.4 Å². The van der Waals surface area contributed by atoms with Gasteiger partial charge >= 0.3 is 0 Å². The van der Waals surface area contributed by atoms with Crippen LogP contribution in [0.5, 0.6) is 0 Å². The maximum Gasteiger partial charge on any atom is 0.261 e. The van der Waals surface area contributed by atoms with Crippen molar-refractivity contribution in [3.63, 3.8) is 0 Å². The lowest BCUT2D eigenvalue weighted by Gasteiger charge is -2.29. The van der Waals surface area contributed by atoms with Crippen LogP contribution in [0.3, 0.4) is 0 Å². The van der Waals surface area contributed by atoms with Crippen molar-refractivity contribution in [2.75, 3.05) is 13.1 Å². The highest BCUT2D eigenvalue weighted by atomic mass is 16.2. The van der Waals surface area contributed by atoms with Crippen molar-refractivity contribution in [1.29, 1.82) is 0 Å². The number of fused-ring (bicyclic) bond motifs is 2. The van der Waals surface area contributed by atoms with E-state index in [1.165, 1.54) is 17.2 Å². The van der Waals surface area contributed by atoms with Crippen LogP contribution >= 0.6 is 0 Å². The fourth-order valence-corrected chi connectivity index (χ4v) is 4.60. The van der Waals surface area contributed by atoms with Gasteiger partial charge in [-0.05, 0) is 41.9 Å². The smallest absolute Gasteiger partial charge is 0.261 e. The largest absolute Gasteiger partial charge is 0.352 e. The van der Waals surface area contributed by atoms with Crippen LogP contribution in [0.15, 0.2) is 35.1 Å². The number of Topliss-reactive ketones (excluding diaryl/α,β-unsaturated/α-hetero) is 1. The number of H-pyrrole nitrogens is 1. The Balaban J connectivity index is 1.30. The number of hydrogen-bond donors (Lipinski definition) is 2. The van der Waals surface area contributed by atoms with Gasteiger partial charge in [0, 0.05) is 43.7 Å². The number of pyridine rings is 1. The first-order chi connectivity index (χ1) is 15.2. The summed E-state index contributed by atoms with van der Waals surface area (Å²) in [5.74, 6) is -0.519. The number of amides is 2. The third-order valence-corrected chi connectivity index (χ3v) is 6.30. The van der Waals surface area contributed by atoms with E-state index in [2.05, 4.69) is 22.4 Å². The van der Waals surface area contributed by atoms with E-state index in [1.54, 1.807) is 0 Å². The number of nitrogens with zero attached hydrogens (tertiary/aromatic N) is 1. The zero-order chi connectivity index (χ0) is 22.9. The monoisotopic (exact) mass is 435 g/mol. The minimum Gasteiger partial charge on any atom is -0.352 e. The van der Waals surface area contributed by atoms with Crippen LogP contribution in [-0.4, -0.2) is 40.6 Å². The van der Waals surface area contributed by atoms with E-state index in [0.717, 1.165) is 6.42 Å². The molecule has 2 aromatic rings. The molecule has 0 saturated heterocycles. The van der Waals surface area contributed by atoms with Crippen molar-refractivity contribution in [3.8, 4) is 0 Å². The molecule has 7 nitrogen and oxygen atoms in total. The van der Waals surface area contributed by atoms with Gasteiger partial charge in [0.05, 0.1) is 0 Å². The first kappa shape index (κ1) is 22.0. The number of aromatic amines is 1. The number of hydrogen-bond acceptors (Lipinski definition) is 4. The molecule has 0 atom stereocenters. The van der Waals surface area contributed by atoms with E-state index in [-0.39, 0.29) is 29.2 Å². The average molecular weight is 436 g/mol. The standard InChI is InChI=1S/C25H29N3O4/c1-25(2)13-20-18(21(29)14-25)12-19(24(32)27-20)23(31)26-10-5-8-22(30)28-11-9-16-6-3-4-7-17(16)15-28/h3-4,6-7,12H,5,8-11,13-15H2,1-2H3,(H,26,31)(H,27,32). The summed E-state index contributed by atoms with van der Waals surface area (Å²) in [5.41, 5.74) is 2.74. The van der Waals surface area contributed by atoms with Crippen LogP contribution < -0.4 is 10.9 Å². The van der Waals surface area contributed by atoms with Crippen LogP contribution in [0.1, 0.15) is 70.6 Å². The number of ketones is 1. The second-order valence-corrected chi connectivity index (χ2v) is 9.54. The lowest BCUT2D eigenvalue weighted by molar-refractivity contribution is -0.132. The molecule has 32 heavy (non-hydrogen) atoms. The molecular weight excluding hydrogens is 406 g/mol. The molecule has 1 aliphatic carbocycles. The Morgan fingerprint density at radius 2 is 1.88 bits per heavy atom. The molecule has 1 aromatic carbocycles. The number of benzene rings is 1. The third kappa shape index (κ3) is 4.66. The molecule has 4 rings (SSSR count). The summed E-state index contributed by atoms with van der Waals surface area (Å²) in [7, 11) is 0. The zero-order valence-electron chi connectivity index (χ0n) is 18.6. The number of aromatic nitrogens is 1. The molecule has 1 aromatic heterocycles. The zero-order valence-corrected chi connectivity index (χ0v) is 18.6. The molecule has 2 heterocycles. The van der Waals surface area contributed by atoms with E-state index in [4.69, 9.17) is 0 Å². The van der Waals surface area contributed by atoms with Crippen molar-refractivity contribution in [2.24, 2.45) is 5.41 Å². The Bertz CT molecular complexity index is 1130. The molecule has 2 aliphatic rings. The van der Waals surface area contributed by atoms with Gasteiger partial charge in [0.2, 0.25) is 5.91 Å². The highest BCUT2D eigenvalue weighted by Crippen LogP contribution is 2.33. The molecule has 0 unspecified atom stereocenters. The molecule has 168 valence electrons. The number of carbonyl (C=O) groups is 3. The van der Waals surface area contributed by atoms with Crippen LogP contribution in [0.2, 0.25) is 0 Å². The van der Waals surface area contributed by atoms with Gasteiger partial charge in [0.1, 0.15) is 5.56 Å². The fraction of sp³-hybridized carbons (Fsp3) is 0.440. The van der Waals surface area contributed by atoms with Crippen LogP contribution in [0.25, 0.3) is 0 Å². The van der Waals surface area contributed by atoms with E-state index < -0.39 is 11.5 Å². The van der Waals surface area contributed by atoms with Crippen molar-refractivity contribution in [2.45, 2.75) is 52.5 Å². The van der Waals surface area contributed by atoms with Gasteiger partial charge in [-0.1, -0.05) is 38.1 Å². The summed E-state index contributed by atoms with van der Waals surface area (Å²) in [6, 6.07) is 9.57. The molecule has 2 N–H and O–H groups in total. The van der Waals surface area contributed by atoms with Crippen molar-refractivity contribution in [1.82, 2.24) is 15.2 Å². The van der Waals surface area contributed by atoms with Crippen LogP contribution in [0, 0.1) is 5.41 Å². The highest BCUT2D eigenvalue weighted by molar-refractivity contribution is 6.02. The van der Waals surface area contributed by atoms with Crippen molar-refractivity contribution >= 4 is 17.6 Å². The Labute approximate surface area is 187 Å². The Morgan fingerprint density at radius 1 is 1.12 bits per heavy atom. The van der Waals surface area contributed by atoms with Gasteiger partial charge in [-0.25, -0.2) is 0 Å². The second kappa shape index (κ2) is 8.73. The maximum atomic E-state index is 12.5. The number of carbonyl (C=O) groups excluding carboxylic acids is 3. The molecule has 7 heteroatoms. The van der Waals surface area contributed by atoms with E-state index in [9.17, 15) is 19.2 Å². The summed E-state index contributed by atoms with van der Waals surface area (Å²) >= 11 is 0. The Morgan fingerprint density at radius 3 is 2.66 bits per heavy atom. The Hall–Kier alpha value is -3.22. The minimum absolute atomic E-state index is 0.0595. The van der Waals surface area contributed by atoms with E-state index in [1.807, 2.05) is 30.9 Å². The maximum absolute atomic E-state index is 12.5. The SMILES string of the molecule is CC1(C)CC(=O)c2cc(C(=O)NCCCC(=O)N3CCc4ccccc4C3)c(=O)[nH]c2C1. The van der Waals surface area contributed by atoms with Crippen LogP contribution in [0.4, 0.5) is 0 Å². The summed E-state index contributed by atoms with van der Waals surface area (Å²) in [4.78, 5) is 54.5. The molecule has 0 saturated carbocycles. The highest BCUT2D eigenvalue weighted by Gasteiger charge is 2.32. The van der Waals surface area contributed by atoms with E-state index >= 15 is 0 Å². The number of rotatable bonds is 5. The van der Waals surface area contributed by atoms with Crippen LogP contribution in [-0.2, 0) is 24.2 Å². The topological polar surface area (TPSA) is 99.3 Å². The van der Waals surface area contributed by atoms with Crippen molar-refractivity contribution in [3.05, 3.63) is 68.6 Å². The van der Waals surface area contributed by atoms with Gasteiger partial charge in [-0.15, -0.1) is 0 Å². The summed E-state index contributed by atoms with van der Waals surface area (Å²) in [5, 5.41) is 2.71. The molecule has 0 spiro atoms. The third-order valence-electron chi connectivity index (χ3n) is 6.30. The lowest BCUT2D eigenvalue weighted by Crippen LogP contribution is -2.37. The summed E-state index contributed by atoms with van der Waals surface area (Å²) in [6.45, 7) is 5.58. The van der Waals surface area contributed by atoms with Gasteiger partial charge in [0.25, 0.3) is 11.5 Å². The minimum atomic E-state index is -0.522. The molecule has 1 aliphatic heterocycles.